The Bertz CT molecular complexity index is 450. The summed E-state index contributed by atoms with van der Waals surface area (Å²) in [5, 5.41) is 19.4. The molecule has 0 spiro atoms. The second kappa shape index (κ2) is 5.23. The third-order valence-electron chi connectivity index (χ3n) is 2.31. The lowest BCUT2D eigenvalue weighted by atomic mass is 10.0. The quantitative estimate of drug-likeness (QED) is 0.514. The lowest BCUT2D eigenvalue weighted by Gasteiger charge is -2.04. The van der Waals surface area contributed by atoms with Gasteiger partial charge in [-0.15, -0.1) is 0 Å². The van der Waals surface area contributed by atoms with Crippen molar-refractivity contribution in [1.82, 2.24) is 0 Å². The van der Waals surface area contributed by atoms with Gasteiger partial charge in [0, 0.05) is 18.6 Å². The van der Waals surface area contributed by atoms with Gasteiger partial charge in [-0.2, -0.15) is 0 Å². The number of carbonyl (C=O) groups excluding carboxylic acids is 1. The van der Waals surface area contributed by atoms with Crippen LogP contribution in [0.15, 0.2) is 30.0 Å². The summed E-state index contributed by atoms with van der Waals surface area (Å²) in [6.45, 7) is 1.87. The molecule has 0 fully saturated rings. The number of rotatable bonds is 4. The molecule has 0 amide bonds. The van der Waals surface area contributed by atoms with E-state index in [0.717, 1.165) is 5.70 Å². The van der Waals surface area contributed by atoms with Crippen molar-refractivity contribution < 1.29 is 15.2 Å². The highest BCUT2D eigenvalue weighted by atomic mass is 16.3. The van der Waals surface area contributed by atoms with E-state index in [2.05, 4.69) is 0 Å². The molecule has 0 saturated carbocycles. The number of phenolic OH excluding ortho intramolecular Hbond substituents is 1. The number of aldehydes is 1. The smallest absolute Gasteiger partial charge is 0.153 e. The number of hydrogen-bond acceptors (Lipinski definition) is 3. The average molecular weight is 219 g/mol. The molecular formula is C12H15N2O2+. The van der Waals surface area contributed by atoms with Crippen molar-refractivity contribution in [1.29, 1.82) is 5.41 Å². The molecule has 1 aromatic carbocycles. The third kappa shape index (κ3) is 2.55. The topological polar surface area (TPSA) is 77.8 Å². The summed E-state index contributed by atoms with van der Waals surface area (Å²) in [7, 11) is 1.88. The molecule has 84 valence electrons. The van der Waals surface area contributed by atoms with E-state index < -0.39 is 0 Å². The van der Waals surface area contributed by atoms with Crippen LogP contribution in [0.1, 0.15) is 22.8 Å². The van der Waals surface area contributed by atoms with Gasteiger partial charge in [-0.05, 0) is 12.1 Å². The fourth-order valence-corrected chi connectivity index (χ4v) is 1.26. The van der Waals surface area contributed by atoms with Crippen LogP contribution in [0.4, 0.5) is 0 Å². The first-order valence-corrected chi connectivity index (χ1v) is 4.94. The maximum absolute atomic E-state index is 10.6. The number of nitrogens with one attached hydrogen (secondary N) is 1. The first-order chi connectivity index (χ1) is 7.60. The summed E-state index contributed by atoms with van der Waals surface area (Å²) >= 11 is 0. The van der Waals surface area contributed by atoms with Gasteiger partial charge < -0.3 is 10.4 Å². The van der Waals surface area contributed by atoms with E-state index in [1.54, 1.807) is 18.2 Å². The van der Waals surface area contributed by atoms with Crippen LogP contribution in [0.2, 0.25) is 0 Å². The molecule has 0 atom stereocenters. The lowest BCUT2D eigenvalue weighted by molar-refractivity contribution is -0.575. The molecule has 1 rings (SSSR count). The first kappa shape index (κ1) is 12.1. The van der Waals surface area contributed by atoms with Crippen LogP contribution < -0.4 is 5.32 Å². The zero-order valence-corrected chi connectivity index (χ0v) is 9.32. The van der Waals surface area contributed by atoms with Gasteiger partial charge in [0.15, 0.2) is 6.29 Å². The molecule has 0 saturated heterocycles. The maximum Gasteiger partial charge on any atom is 0.153 e. The molecule has 4 heteroatoms. The zero-order chi connectivity index (χ0) is 12.1. The van der Waals surface area contributed by atoms with Crippen LogP contribution in [-0.4, -0.2) is 24.2 Å². The van der Waals surface area contributed by atoms with Crippen LogP contribution in [0.3, 0.4) is 0 Å². The van der Waals surface area contributed by atoms with Crippen molar-refractivity contribution in [2.45, 2.75) is 6.92 Å². The predicted octanol–water partition coefficient (Wildman–Crippen LogP) is 0.670. The van der Waals surface area contributed by atoms with E-state index in [-0.39, 0.29) is 17.0 Å². The Kier molecular flexibility index (Phi) is 3.96. The molecule has 4 N–H and O–H groups in total. The van der Waals surface area contributed by atoms with E-state index in [9.17, 15) is 9.90 Å². The standard InChI is InChI=1S/C12H14N2O2/c1-8(14-2)6-11(13)10-5-3-4-9(7-15)12(10)16/h3-7,13-14,16H,1-2H3/p+1/b8-6-,13-11?. The molecule has 0 bridgehead atoms. The van der Waals surface area contributed by atoms with E-state index in [1.807, 2.05) is 19.3 Å². The van der Waals surface area contributed by atoms with Crippen molar-refractivity contribution in [3.8, 4) is 5.75 Å². The summed E-state index contributed by atoms with van der Waals surface area (Å²) < 4.78 is 0. The fraction of sp³-hybridized carbons (Fsp3) is 0.167. The van der Waals surface area contributed by atoms with Gasteiger partial charge >= 0.3 is 0 Å². The lowest BCUT2D eigenvalue weighted by Crippen LogP contribution is -2.76. The van der Waals surface area contributed by atoms with Gasteiger partial charge in [0.25, 0.3) is 0 Å². The van der Waals surface area contributed by atoms with Crippen molar-refractivity contribution in [2.75, 3.05) is 7.05 Å². The van der Waals surface area contributed by atoms with Gasteiger partial charge in [0.05, 0.1) is 18.3 Å². The minimum Gasteiger partial charge on any atom is -0.506 e. The highest BCUT2D eigenvalue weighted by Gasteiger charge is 2.09. The summed E-state index contributed by atoms with van der Waals surface area (Å²) in [5.74, 6) is -0.136. The van der Waals surface area contributed by atoms with E-state index >= 15 is 0 Å². The number of hydrogen-bond donors (Lipinski definition) is 3. The van der Waals surface area contributed by atoms with E-state index in [0.29, 0.717) is 11.8 Å². The number of allylic oxidation sites excluding steroid dienone is 2. The average Bonchev–Trinajstić information content (AvgIpc) is 2.29. The Morgan fingerprint density at radius 1 is 1.50 bits per heavy atom. The van der Waals surface area contributed by atoms with Crippen LogP contribution in [0.5, 0.6) is 5.75 Å². The number of benzene rings is 1. The Morgan fingerprint density at radius 3 is 2.75 bits per heavy atom. The molecule has 0 aliphatic rings. The maximum atomic E-state index is 10.6. The van der Waals surface area contributed by atoms with E-state index in [4.69, 9.17) is 5.41 Å². The monoisotopic (exact) mass is 219 g/mol. The summed E-state index contributed by atoms with van der Waals surface area (Å²) in [6.07, 6.45) is 2.22. The van der Waals surface area contributed by atoms with Crippen molar-refractivity contribution in [2.24, 2.45) is 0 Å². The molecule has 0 aliphatic heterocycles. The molecule has 0 aromatic heterocycles. The summed E-state index contributed by atoms with van der Waals surface area (Å²) in [4.78, 5) is 10.6. The molecule has 16 heavy (non-hydrogen) atoms. The SMILES string of the molecule is C[NH2+]/C(C)=C\C(=N)c1cccc(C=O)c1O. The predicted molar refractivity (Wildman–Crippen MR) is 61.9 cm³/mol. The fourth-order valence-electron chi connectivity index (χ4n) is 1.26. The normalized spacial score (nSPS) is 11.2. The molecule has 0 radical (unpaired) electrons. The van der Waals surface area contributed by atoms with Gasteiger partial charge in [-0.25, -0.2) is 0 Å². The Morgan fingerprint density at radius 2 is 2.19 bits per heavy atom. The molecule has 0 aliphatic carbocycles. The zero-order valence-electron chi connectivity index (χ0n) is 9.32. The number of carbonyl (C=O) groups is 1. The first-order valence-electron chi connectivity index (χ1n) is 4.94. The van der Waals surface area contributed by atoms with Crippen LogP contribution in [0.25, 0.3) is 0 Å². The number of quaternary nitrogens is 1. The summed E-state index contributed by atoms with van der Waals surface area (Å²) in [5.41, 5.74) is 1.69. The molecule has 0 unspecified atom stereocenters. The Labute approximate surface area is 94.1 Å². The molecule has 4 nitrogen and oxygen atoms in total. The molecule has 1 aromatic rings. The van der Waals surface area contributed by atoms with Crippen molar-refractivity contribution in [3.63, 3.8) is 0 Å². The number of nitrogens with two attached hydrogens (primary N) is 1. The highest BCUT2D eigenvalue weighted by molar-refractivity contribution is 6.09. The Balaban J connectivity index is 3.14. The largest absolute Gasteiger partial charge is 0.506 e. The molecular weight excluding hydrogens is 204 g/mol. The van der Waals surface area contributed by atoms with Gasteiger partial charge in [0.2, 0.25) is 0 Å². The minimum absolute atomic E-state index is 0.136. The number of aromatic hydroxyl groups is 1. The second-order valence-corrected chi connectivity index (χ2v) is 3.45. The minimum atomic E-state index is -0.136. The van der Waals surface area contributed by atoms with Gasteiger partial charge in [-0.1, -0.05) is 6.07 Å². The molecule has 0 heterocycles. The van der Waals surface area contributed by atoms with Crippen LogP contribution >= 0.6 is 0 Å². The van der Waals surface area contributed by atoms with E-state index in [1.165, 1.54) is 6.07 Å². The third-order valence-corrected chi connectivity index (χ3v) is 2.31. The number of phenols is 1. The van der Waals surface area contributed by atoms with Crippen molar-refractivity contribution >= 4 is 12.0 Å². The van der Waals surface area contributed by atoms with Gasteiger partial charge in [-0.3, -0.25) is 10.2 Å². The van der Waals surface area contributed by atoms with Crippen LogP contribution in [-0.2, 0) is 0 Å². The number of para-hydroxylation sites is 1. The Hall–Kier alpha value is -1.94. The summed E-state index contributed by atoms with van der Waals surface area (Å²) in [6, 6.07) is 4.78. The van der Waals surface area contributed by atoms with Crippen LogP contribution in [0, 0.1) is 5.41 Å². The van der Waals surface area contributed by atoms with Gasteiger partial charge in [0.1, 0.15) is 11.4 Å². The second-order valence-electron chi connectivity index (χ2n) is 3.45. The highest BCUT2D eigenvalue weighted by Crippen LogP contribution is 2.21. The van der Waals surface area contributed by atoms with Crippen molar-refractivity contribution in [3.05, 3.63) is 41.1 Å².